The number of aryl methyl sites for hydroxylation is 1. The highest BCUT2D eigenvalue weighted by molar-refractivity contribution is 7.92. The molecule has 3 rings (SSSR count). The average molecular weight is 350 g/mol. The van der Waals surface area contributed by atoms with Crippen molar-refractivity contribution in [1.82, 2.24) is 5.32 Å². The summed E-state index contributed by atoms with van der Waals surface area (Å²) in [5, 5.41) is 3.10. The van der Waals surface area contributed by atoms with Gasteiger partial charge in [-0.2, -0.15) is 0 Å². The second-order valence-electron chi connectivity index (χ2n) is 7.36. The fraction of sp³-hybridized carbons (Fsp3) is 0.611. The third-order valence-electron chi connectivity index (χ3n) is 5.44. The standard InChI is InChI=1S/C18H26N2O3S/c1-12-4-8-16(9-5-12)20(24(3,22)23)13(2)18(21)19-17-11-14-6-7-15(17)10-14/h4-5,8-9,13-15,17H,6-7,10-11H2,1-3H3,(H,19,21). The minimum Gasteiger partial charge on any atom is -0.351 e. The molecular formula is C18H26N2O3S. The van der Waals surface area contributed by atoms with Crippen LogP contribution in [0.3, 0.4) is 0 Å². The summed E-state index contributed by atoms with van der Waals surface area (Å²) in [5.74, 6) is 1.09. The second-order valence-corrected chi connectivity index (χ2v) is 9.22. The maximum absolute atomic E-state index is 12.7. The number of benzene rings is 1. The van der Waals surface area contributed by atoms with Gasteiger partial charge in [0.05, 0.1) is 11.9 Å². The van der Waals surface area contributed by atoms with Crippen LogP contribution in [-0.4, -0.2) is 32.7 Å². The molecular weight excluding hydrogens is 324 g/mol. The molecule has 0 saturated heterocycles. The van der Waals surface area contributed by atoms with E-state index in [0.29, 0.717) is 11.6 Å². The maximum atomic E-state index is 12.7. The largest absolute Gasteiger partial charge is 0.351 e. The number of nitrogens with zero attached hydrogens (tertiary/aromatic N) is 1. The lowest BCUT2D eigenvalue weighted by Gasteiger charge is -2.31. The molecule has 0 radical (unpaired) electrons. The summed E-state index contributed by atoms with van der Waals surface area (Å²) in [5.41, 5.74) is 1.57. The minimum absolute atomic E-state index is 0.207. The SMILES string of the molecule is Cc1ccc(N(C(C)C(=O)NC2CC3CCC2C3)S(C)(=O)=O)cc1. The van der Waals surface area contributed by atoms with E-state index in [1.807, 2.05) is 19.1 Å². The Morgan fingerprint density at radius 2 is 1.88 bits per heavy atom. The molecule has 2 bridgehead atoms. The molecule has 1 N–H and O–H groups in total. The zero-order chi connectivity index (χ0) is 17.5. The number of nitrogens with one attached hydrogen (secondary N) is 1. The second kappa shape index (κ2) is 6.39. The Bertz CT molecular complexity index is 714. The first-order valence-corrected chi connectivity index (χ1v) is 10.5. The Kier molecular flexibility index (Phi) is 4.60. The van der Waals surface area contributed by atoms with E-state index in [9.17, 15) is 13.2 Å². The average Bonchev–Trinajstić information content (AvgIpc) is 3.10. The number of anilines is 1. The van der Waals surface area contributed by atoms with Crippen LogP contribution in [0.2, 0.25) is 0 Å². The molecule has 0 aromatic heterocycles. The van der Waals surface area contributed by atoms with Gasteiger partial charge in [-0.15, -0.1) is 0 Å². The molecule has 0 aliphatic heterocycles. The van der Waals surface area contributed by atoms with Crippen molar-refractivity contribution in [3.05, 3.63) is 29.8 Å². The molecule has 132 valence electrons. The Hall–Kier alpha value is -1.56. The van der Waals surface area contributed by atoms with Crippen LogP contribution in [0.5, 0.6) is 0 Å². The molecule has 1 amide bonds. The van der Waals surface area contributed by atoms with Crippen molar-refractivity contribution in [3.8, 4) is 0 Å². The molecule has 4 atom stereocenters. The fourth-order valence-electron chi connectivity index (χ4n) is 4.23. The molecule has 2 fully saturated rings. The fourth-order valence-corrected chi connectivity index (χ4v) is 5.40. The van der Waals surface area contributed by atoms with Crippen molar-refractivity contribution in [3.63, 3.8) is 0 Å². The number of carbonyl (C=O) groups is 1. The summed E-state index contributed by atoms with van der Waals surface area (Å²) in [4.78, 5) is 12.7. The highest BCUT2D eigenvalue weighted by Crippen LogP contribution is 2.44. The van der Waals surface area contributed by atoms with Crippen molar-refractivity contribution >= 4 is 21.6 Å². The Morgan fingerprint density at radius 1 is 1.21 bits per heavy atom. The smallest absolute Gasteiger partial charge is 0.243 e. The number of rotatable bonds is 5. The third kappa shape index (κ3) is 3.43. The Balaban J connectivity index is 1.77. The normalized spacial score (nSPS) is 27.0. The minimum atomic E-state index is -3.55. The summed E-state index contributed by atoms with van der Waals surface area (Å²) in [6.07, 6.45) is 5.83. The van der Waals surface area contributed by atoms with E-state index in [1.165, 1.54) is 23.6 Å². The van der Waals surface area contributed by atoms with Crippen LogP contribution in [0.25, 0.3) is 0 Å². The molecule has 2 aliphatic rings. The number of fused-ring (bicyclic) bond motifs is 2. The van der Waals surface area contributed by atoms with Gasteiger partial charge >= 0.3 is 0 Å². The van der Waals surface area contributed by atoms with Gasteiger partial charge in [-0.3, -0.25) is 9.10 Å². The molecule has 5 nitrogen and oxygen atoms in total. The van der Waals surface area contributed by atoms with Gasteiger partial charge in [0, 0.05) is 6.04 Å². The zero-order valence-electron chi connectivity index (χ0n) is 14.5. The molecule has 6 heteroatoms. The van der Waals surface area contributed by atoms with Gasteiger partial charge in [-0.1, -0.05) is 24.1 Å². The van der Waals surface area contributed by atoms with E-state index in [-0.39, 0.29) is 11.9 Å². The lowest BCUT2D eigenvalue weighted by atomic mass is 9.95. The highest BCUT2D eigenvalue weighted by atomic mass is 32.2. The van der Waals surface area contributed by atoms with Crippen molar-refractivity contribution in [2.24, 2.45) is 11.8 Å². The van der Waals surface area contributed by atoms with E-state index in [1.54, 1.807) is 19.1 Å². The van der Waals surface area contributed by atoms with Crippen LogP contribution in [0.1, 0.15) is 38.2 Å². The van der Waals surface area contributed by atoms with Gasteiger partial charge < -0.3 is 5.32 Å². The van der Waals surface area contributed by atoms with Crippen LogP contribution in [0.4, 0.5) is 5.69 Å². The summed E-state index contributed by atoms with van der Waals surface area (Å²) >= 11 is 0. The lowest BCUT2D eigenvalue weighted by Crippen LogP contribution is -2.51. The number of hydrogen-bond donors (Lipinski definition) is 1. The van der Waals surface area contributed by atoms with Crippen molar-refractivity contribution in [2.75, 3.05) is 10.6 Å². The van der Waals surface area contributed by atoms with Gasteiger partial charge in [0.25, 0.3) is 0 Å². The topological polar surface area (TPSA) is 66.5 Å². The van der Waals surface area contributed by atoms with Crippen molar-refractivity contribution in [1.29, 1.82) is 0 Å². The summed E-state index contributed by atoms with van der Waals surface area (Å²) < 4.78 is 25.8. The molecule has 0 heterocycles. The van der Waals surface area contributed by atoms with Crippen LogP contribution in [0, 0.1) is 18.8 Å². The first-order chi connectivity index (χ1) is 11.3. The van der Waals surface area contributed by atoms with E-state index < -0.39 is 16.1 Å². The van der Waals surface area contributed by atoms with Gasteiger partial charge in [0.2, 0.25) is 15.9 Å². The van der Waals surface area contributed by atoms with Gasteiger partial charge in [0.15, 0.2) is 0 Å². The number of sulfonamides is 1. The van der Waals surface area contributed by atoms with Crippen LogP contribution in [-0.2, 0) is 14.8 Å². The Morgan fingerprint density at radius 3 is 2.38 bits per heavy atom. The number of carbonyl (C=O) groups excluding carboxylic acids is 1. The van der Waals surface area contributed by atoms with Gasteiger partial charge in [-0.25, -0.2) is 8.42 Å². The molecule has 4 unspecified atom stereocenters. The van der Waals surface area contributed by atoms with Gasteiger partial charge in [-0.05, 0) is 57.1 Å². The summed E-state index contributed by atoms with van der Waals surface area (Å²) in [7, 11) is -3.55. The van der Waals surface area contributed by atoms with Crippen LogP contribution >= 0.6 is 0 Å². The first-order valence-electron chi connectivity index (χ1n) is 8.62. The van der Waals surface area contributed by atoms with Crippen LogP contribution < -0.4 is 9.62 Å². The Labute approximate surface area is 144 Å². The predicted molar refractivity (Wildman–Crippen MR) is 95.3 cm³/mol. The van der Waals surface area contributed by atoms with Crippen LogP contribution in [0.15, 0.2) is 24.3 Å². The van der Waals surface area contributed by atoms with E-state index >= 15 is 0 Å². The molecule has 1 aromatic rings. The monoisotopic (exact) mass is 350 g/mol. The molecule has 1 aromatic carbocycles. The predicted octanol–water partition coefficient (Wildman–Crippen LogP) is 2.45. The summed E-state index contributed by atoms with van der Waals surface area (Å²) in [6.45, 7) is 3.60. The van der Waals surface area contributed by atoms with E-state index in [0.717, 1.165) is 24.2 Å². The van der Waals surface area contributed by atoms with Crippen molar-refractivity contribution in [2.45, 2.75) is 51.6 Å². The zero-order valence-corrected chi connectivity index (χ0v) is 15.3. The van der Waals surface area contributed by atoms with E-state index in [2.05, 4.69) is 5.32 Å². The molecule has 0 spiro atoms. The molecule has 2 saturated carbocycles. The van der Waals surface area contributed by atoms with Crippen molar-refractivity contribution < 1.29 is 13.2 Å². The number of hydrogen-bond acceptors (Lipinski definition) is 3. The first kappa shape index (κ1) is 17.3. The van der Waals surface area contributed by atoms with E-state index in [4.69, 9.17) is 0 Å². The lowest BCUT2D eigenvalue weighted by molar-refractivity contribution is -0.122. The van der Waals surface area contributed by atoms with Gasteiger partial charge in [0.1, 0.15) is 6.04 Å². The number of amides is 1. The quantitative estimate of drug-likeness (QED) is 0.887. The summed E-state index contributed by atoms with van der Waals surface area (Å²) in [6, 6.07) is 6.65. The maximum Gasteiger partial charge on any atom is 0.243 e. The third-order valence-corrected chi connectivity index (χ3v) is 6.68. The highest BCUT2D eigenvalue weighted by Gasteiger charge is 2.41. The molecule has 2 aliphatic carbocycles. The molecule has 24 heavy (non-hydrogen) atoms.